The highest BCUT2D eigenvalue weighted by Crippen LogP contribution is 2.19. The van der Waals surface area contributed by atoms with Gasteiger partial charge >= 0.3 is 0 Å². The number of hydrogen-bond donors (Lipinski definition) is 1. The predicted octanol–water partition coefficient (Wildman–Crippen LogP) is 3.03. The van der Waals surface area contributed by atoms with Crippen LogP contribution in [0.3, 0.4) is 0 Å². The minimum absolute atomic E-state index is 0.298. The Hall–Kier alpha value is -1.68. The molecule has 0 aliphatic heterocycles. The van der Waals surface area contributed by atoms with Crippen molar-refractivity contribution >= 4 is 0 Å². The van der Waals surface area contributed by atoms with Crippen molar-refractivity contribution in [2.45, 2.75) is 19.3 Å². The van der Waals surface area contributed by atoms with E-state index in [1.165, 1.54) is 11.1 Å². The van der Waals surface area contributed by atoms with Gasteiger partial charge in [0.2, 0.25) is 0 Å². The molecule has 0 aromatic heterocycles. The molecule has 0 heterocycles. The van der Waals surface area contributed by atoms with Gasteiger partial charge in [-0.2, -0.15) is 0 Å². The molecule has 0 fully saturated rings. The second-order valence-electron chi connectivity index (χ2n) is 4.74. The summed E-state index contributed by atoms with van der Waals surface area (Å²) in [5.41, 5.74) is 10.3. The van der Waals surface area contributed by atoms with Crippen LogP contribution in [0.5, 0.6) is 0 Å². The second-order valence-corrected chi connectivity index (χ2v) is 4.74. The Morgan fingerprint density at radius 1 is 0.800 bits per heavy atom. The average Bonchev–Trinajstić information content (AvgIpc) is 2.51. The van der Waals surface area contributed by atoms with Crippen molar-refractivity contribution in [2.75, 3.05) is 14.2 Å². The van der Waals surface area contributed by atoms with Gasteiger partial charge in [-0.3, -0.25) is 0 Å². The Balaban J connectivity index is 2.06. The maximum atomic E-state index is 5.60. The topological polar surface area (TPSA) is 44.5 Å². The minimum atomic E-state index is -0.298. The lowest BCUT2D eigenvalue weighted by molar-refractivity contribution is -0.106. The van der Waals surface area contributed by atoms with E-state index >= 15 is 0 Å². The van der Waals surface area contributed by atoms with Crippen LogP contribution in [0.1, 0.15) is 28.5 Å². The van der Waals surface area contributed by atoms with Gasteiger partial charge in [-0.15, -0.1) is 0 Å². The third-order valence-corrected chi connectivity index (χ3v) is 3.35. The van der Waals surface area contributed by atoms with Gasteiger partial charge in [0.05, 0.1) is 0 Å². The van der Waals surface area contributed by atoms with Crippen LogP contribution >= 0.6 is 0 Å². The Labute approximate surface area is 120 Å². The molecule has 0 amide bonds. The van der Waals surface area contributed by atoms with Crippen LogP contribution in [0.15, 0.2) is 48.5 Å². The molecule has 2 N–H and O–H groups in total. The highest BCUT2D eigenvalue weighted by Gasteiger charge is 2.08. The van der Waals surface area contributed by atoms with E-state index in [1.807, 2.05) is 12.1 Å². The van der Waals surface area contributed by atoms with Crippen molar-refractivity contribution in [1.82, 2.24) is 0 Å². The van der Waals surface area contributed by atoms with E-state index in [4.69, 9.17) is 15.2 Å². The maximum absolute atomic E-state index is 5.60. The van der Waals surface area contributed by atoms with E-state index in [0.29, 0.717) is 6.54 Å². The van der Waals surface area contributed by atoms with Crippen LogP contribution in [0, 0.1) is 0 Å². The number of hydrogen-bond acceptors (Lipinski definition) is 3. The van der Waals surface area contributed by atoms with Gasteiger partial charge in [0.15, 0.2) is 6.29 Å². The molecule has 0 saturated carbocycles. The van der Waals surface area contributed by atoms with E-state index < -0.39 is 0 Å². The highest BCUT2D eigenvalue weighted by atomic mass is 16.7. The van der Waals surface area contributed by atoms with E-state index in [9.17, 15) is 0 Å². The lowest BCUT2D eigenvalue weighted by atomic mass is 10.0. The molecule has 0 unspecified atom stereocenters. The van der Waals surface area contributed by atoms with E-state index in [-0.39, 0.29) is 6.29 Å². The lowest BCUT2D eigenvalue weighted by Crippen LogP contribution is -2.03. The quantitative estimate of drug-likeness (QED) is 0.821. The van der Waals surface area contributed by atoms with Crippen molar-refractivity contribution in [3.8, 4) is 0 Å². The molecule has 0 aliphatic carbocycles. The van der Waals surface area contributed by atoms with Gasteiger partial charge in [0.25, 0.3) is 0 Å². The molecule has 0 spiro atoms. The summed E-state index contributed by atoms with van der Waals surface area (Å²) in [7, 11) is 3.28. The standard InChI is InChI=1S/C17H21NO2/c1-19-17(20-2)16-9-7-14(8-10-16)11-13-3-5-15(12-18)6-4-13/h3-10,17H,11-12,18H2,1-2H3. The Bertz CT molecular complexity index is 516. The molecule has 0 atom stereocenters. The van der Waals surface area contributed by atoms with Crippen LogP contribution in [0.2, 0.25) is 0 Å². The van der Waals surface area contributed by atoms with Gasteiger partial charge in [0, 0.05) is 26.3 Å². The van der Waals surface area contributed by atoms with E-state index in [1.54, 1.807) is 14.2 Å². The van der Waals surface area contributed by atoms with Crippen molar-refractivity contribution in [3.63, 3.8) is 0 Å². The molecule has 0 radical (unpaired) electrons. The van der Waals surface area contributed by atoms with Crippen LogP contribution < -0.4 is 5.73 Å². The van der Waals surface area contributed by atoms with Gasteiger partial charge in [-0.25, -0.2) is 0 Å². The smallest absolute Gasteiger partial charge is 0.183 e. The molecular formula is C17H21NO2. The van der Waals surface area contributed by atoms with Crippen molar-refractivity contribution in [1.29, 1.82) is 0 Å². The largest absolute Gasteiger partial charge is 0.352 e. The molecule has 0 saturated heterocycles. The number of rotatable bonds is 6. The molecule has 3 nitrogen and oxygen atoms in total. The predicted molar refractivity (Wildman–Crippen MR) is 80.3 cm³/mol. The summed E-state index contributed by atoms with van der Waals surface area (Å²) in [6.07, 6.45) is 0.614. The van der Waals surface area contributed by atoms with Crippen LogP contribution in [-0.4, -0.2) is 14.2 Å². The normalized spacial score (nSPS) is 11.0. The zero-order valence-corrected chi connectivity index (χ0v) is 12.0. The fraction of sp³-hybridized carbons (Fsp3) is 0.294. The molecule has 3 heteroatoms. The highest BCUT2D eigenvalue weighted by molar-refractivity contribution is 5.30. The summed E-state index contributed by atoms with van der Waals surface area (Å²) in [6, 6.07) is 16.7. The first kappa shape index (κ1) is 14.7. The summed E-state index contributed by atoms with van der Waals surface area (Å²) in [6.45, 7) is 0.588. The van der Waals surface area contributed by atoms with Crippen molar-refractivity contribution in [3.05, 3.63) is 70.8 Å². The fourth-order valence-electron chi connectivity index (χ4n) is 2.19. The van der Waals surface area contributed by atoms with Crippen LogP contribution in [0.25, 0.3) is 0 Å². The fourth-order valence-corrected chi connectivity index (χ4v) is 2.19. The molecule has 0 aliphatic rings. The third-order valence-electron chi connectivity index (χ3n) is 3.35. The average molecular weight is 271 g/mol. The Morgan fingerprint density at radius 2 is 1.25 bits per heavy atom. The van der Waals surface area contributed by atoms with Crippen molar-refractivity contribution in [2.24, 2.45) is 5.73 Å². The number of ether oxygens (including phenoxy) is 2. The monoisotopic (exact) mass is 271 g/mol. The second kappa shape index (κ2) is 7.20. The van der Waals surface area contributed by atoms with Gasteiger partial charge in [0.1, 0.15) is 0 Å². The summed E-state index contributed by atoms with van der Waals surface area (Å²) >= 11 is 0. The molecule has 20 heavy (non-hydrogen) atoms. The number of methoxy groups -OCH3 is 2. The minimum Gasteiger partial charge on any atom is -0.352 e. The number of benzene rings is 2. The summed E-state index contributed by atoms with van der Waals surface area (Å²) in [5.74, 6) is 0. The van der Waals surface area contributed by atoms with Gasteiger partial charge < -0.3 is 15.2 Å². The first-order chi connectivity index (χ1) is 9.76. The van der Waals surface area contributed by atoms with Crippen molar-refractivity contribution < 1.29 is 9.47 Å². The lowest BCUT2D eigenvalue weighted by Gasteiger charge is -2.14. The zero-order valence-electron chi connectivity index (χ0n) is 12.0. The van der Waals surface area contributed by atoms with Gasteiger partial charge in [-0.05, 0) is 23.1 Å². The third kappa shape index (κ3) is 3.67. The van der Waals surface area contributed by atoms with Gasteiger partial charge in [-0.1, -0.05) is 48.5 Å². The van der Waals surface area contributed by atoms with E-state index in [2.05, 4.69) is 36.4 Å². The SMILES string of the molecule is COC(OC)c1ccc(Cc2ccc(CN)cc2)cc1. The summed E-state index contributed by atoms with van der Waals surface area (Å²) in [4.78, 5) is 0. The molecular weight excluding hydrogens is 250 g/mol. The first-order valence-corrected chi connectivity index (χ1v) is 6.69. The summed E-state index contributed by atoms with van der Waals surface area (Å²) < 4.78 is 10.5. The molecule has 106 valence electrons. The maximum Gasteiger partial charge on any atom is 0.183 e. The zero-order chi connectivity index (χ0) is 14.4. The van der Waals surface area contributed by atoms with E-state index in [0.717, 1.165) is 17.5 Å². The first-order valence-electron chi connectivity index (χ1n) is 6.69. The molecule has 2 aromatic carbocycles. The molecule has 2 aromatic rings. The Morgan fingerprint density at radius 3 is 1.70 bits per heavy atom. The van der Waals surface area contributed by atoms with Crippen LogP contribution in [-0.2, 0) is 22.4 Å². The number of nitrogens with two attached hydrogens (primary N) is 1. The molecule has 2 rings (SSSR count). The van der Waals surface area contributed by atoms with Crippen LogP contribution in [0.4, 0.5) is 0 Å². The molecule has 0 bridgehead atoms. The summed E-state index contributed by atoms with van der Waals surface area (Å²) in [5, 5.41) is 0. The Kier molecular flexibility index (Phi) is 5.30.